The molecule has 0 spiro atoms. The molecule has 0 aliphatic rings. The van der Waals surface area contributed by atoms with Crippen LogP contribution in [0.4, 0.5) is 0 Å². The normalized spacial score (nSPS) is 10.5. The van der Waals surface area contributed by atoms with E-state index in [4.69, 9.17) is 16.6 Å². The van der Waals surface area contributed by atoms with Crippen LogP contribution in [-0.4, -0.2) is 11.7 Å². The van der Waals surface area contributed by atoms with E-state index in [1.54, 1.807) is 0 Å². The topological polar surface area (TPSA) is 37.2 Å². The highest BCUT2D eigenvalue weighted by Crippen LogP contribution is 2.20. The van der Waals surface area contributed by atoms with E-state index in [-0.39, 0.29) is 0 Å². The Labute approximate surface area is 135 Å². The average molecular weight is 310 g/mol. The van der Waals surface area contributed by atoms with Crippen molar-refractivity contribution in [1.82, 2.24) is 10.6 Å². The van der Waals surface area contributed by atoms with Crippen molar-refractivity contribution >= 4 is 28.3 Å². The van der Waals surface area contributed by atoms with Crippen LogP contribution in [0.2, 0.25) is 0 Å². The SMILES string of the molecule is S=C(NCCc1coc2ccccc12)NCc1ccccc1. The van der Waals surface area contributed by atoms with E-state index >= 15 is 0 Å². The molecule has 0 bridgehead atoms. The molecule has 0 aliphatic carbocycles. The van der Waals surface area contributed by atoms with Crippen LogP contribution in [0.25, 0.3) is 11.0 Å². The Balaban J connectivity index is 1.45. The number of fused-ring (bicyclic) bond motifs is 1. The smallest absolute Gasteiger partial charge is 0.166 e. The molecule has 3 rings (SSSR count). The average Bonchev–Trinajstić information content (AvgIpc) is 2.97. The van der Waals surface area contributed by atoms with Gasteiger partial charge in [0, 0.05) is 18.5 Å². The highest BCUT2D eigenvalue weighted by Gasteiger charge is 2.04. The van der Waals surface area contributed by atoms with Gasteiger partial charge in [0.05, 0.1) is 6.26 Å². The van der Waals surface area contributed by atoms with Gasteiger partial charge in [-0.1, -0.05) is 48.5 Å². The number of furan rings is 1. The van der Waals surface area contributed by atoms with Gasteiger partial charge in [0.2, 0.25) is 0 Å². The summed E-state index contributed by atoms with van der Waals surface area (Å²) in [6, 6.07) is 18.3. The number of thiocarbonyl (C=S) groups is 1. The Hall–Kier alpha value is -2.33. The van der Waals surface area contributed by atoms with Gasteiger partial charge < -0.3 is 15.1 Å². The largest absolute Gasteiger partial charge is 0.464 e. The molecule has 22 heavy (non-hydrogen) atoms. The van der Waals surface area contributed by atoms with E-state index in [0.717, 1.165) is 25.1 Å². The van der Waals surface area contributed by atoms with Crippen molar-refractivity contribution in [3.63, 3.8) is 0 Å². The Morgan fingerprint density at radius 3 is 2.59 bits per heavy atom. The van der Waals surface area contributed by atoms with Crippen LogP contribution in [0, 0.1) is 0 Å². The summed E-state index contributed by atoms with van der Waals surface area (Å²) in [5.41, 5.74) is 3.35. The number of hydrogen-bond donors (Lipinski definition) is 2. The first kappa shape index (κ1) is 14.6. The fourth-order valence-corrected chi connectivity index (χ4v) is 2.55. The highest BCUT2D eigenvalue weighted by atomic mass is 32.1. The van der Waals surface area contributed by atoms with Crippen molar-refractivity contribution in [2.45, 2.75) is 13.0 Å². The van der Waals surface area contributed by atoms with Crippen LogP contribution in [0.15, 0.2) is 65.3 Å². The maximum absolute atomic E-state index is 5.54. The Bertz CT molecular complexity index is 752. The van der Waals surface area contributed by atoms with Crippen molar-refractivity contribution in [2.75, 3.05) is 6.54 Å². The van der Waals surface area contributed by atoms with Crippen LogP contribution >= 0.6 is 12.2 Å². The van der Waals surface area contributed by atoms with Gasteiger partial charge in [-0.3, -0.25) is 0 Å². The zero-order valence-corrected chi connectivity index (χ0v) is 13.0. The third-order valence-corrected chi connectivity index (χ3v) is 3.83. The minimum Gasteiger partial charge on any atom is -0.464 e. The minimum atomic E-state index is 0.677. The molecule has 0 atom stereocenters. The lowest BCUT2D eigenvalue weighted by atomic mass is 10.1. The second-order valence-corrected chi connectivity index (χ2v) is 5.51. The van der Waals surface area contributed by atoms with E-state index in [9.17, 15) is 0 Å². The number of hydrogen-bond acceptors (Lipinski definition) is 2. The lowest BCUT2D eigenvalue weighted by molar-refractivity contribution is 0.609. The molecule has 0 radical (unpaired) electrons. The van der Waals surface area contributed by atoms with Gasteiger partial charge in [-0.25, -0.2) is 0 Å². The van der Waals surface area contributed by atoms with E-state index in [2.05, 4.69) is 28.8 Å². The molecule has 0 fully saturated rings. The summed E-state index contributed by atoms with van der Waals surface area (Å²) in [6.45, 7) is 1.52. The maximum Gasteiger partial charge on any atom is 0.166 e. The van der Waals surface area contributed by atoms with Gasteiger partial charge in [0.15, 0.2) is 5.11 Å². The molecule has 0 amide bonds. The van der Waals surface area contributed by atoms with E-state index < -0.39 is 0 Å². The number of rotatable bonds is 5. The van der Waals surface area contributed by atoms with Crippen LogP contribution in [-0.2, 0) is 13.0 Å². The van der Waals surface area contributed by atoms with Gasteiger partial charge in [0.25, 0.3) is 0 Å². The molecule has 2 N–H and O–H groups in total. The summed E-state index contributed by atoms with van der Waals surface area (Å²) in [5.74, 6) is 0. The molecular weight excluding hydrogens is 292 g/mol. The molecule has 2 aromatic carbocycles. The van der Waals surface area contributed by atoms with Crippen molar-refractivity contribution in [3.05, 3.63) is 72.0 Å². The number of benzene rings is 2. The third-order valence-electron chi connectivity index (χ3n) is 3.54. The molecule has 0 saturated heterocycles. The van der Waals surface area contributed by atoms with Gasteiger partial charge >= 0.3 is 0 Å². The van der Waals surface area contributed by atoms with Crippen molar-refractivity contribution < 1.29 is 4.42 Å². The first-order chi connectivity index (χ1) is 10.8. The molecular formula is C18H18N2OS. The summed E-state index contributed by atoms with van der Waals surface area (Å²) >= 11 is 5.30. The minimum absolute atomic E-state index is 0.677. The van der Waals surface area contributed by atoms with Crippen molar-refractivity contribution in [3.8, 4) is 0 Å². The van der Waals surface area contributed by atoms with Gasteiger partial charge in [0.1, 0.15) is 5.58 Å². The monoisotopic (exact) mass is 310 g/mol. The van der Waals surface area contributed by atoms with E-state index in [1.165, 1.54) is 16.5 Å². The second kappa shape index (κ2) is 7.09. The fraction of sp³-hybridized carbons (Fsp3) is 0.167. The Morgan fingerprint density at radius 1 is 0.955 bits per heavy atom. The van der Waals surface area contributed by atoms with Crippen LogP contribution in [0.1, 0.15) is 11.1 Å². The molecule has 0 unspecified atom stereocenters. The van der Waals surface area contributed by atoms with E-state index in [0.29, 0.717) is 5.11 Å². The molecule has 0 saturated carbocycles. The summed E-state index contributed by atoms with van der Waals surface area (Å²) in [7, 11) is 0. The van der Waals surface area contributed by atoms with Crippen molar-refractivity contribution in [1.29, 1.82) is 0 Å². The standard InChI is InChI=1S/C18H18N2OS/c22-18(20-12-14-6-2-1-3-7-14)19-11-10-15-13-21-17-9-5-4-8-16(15)17/h1-9,13H,10-12H2,(H2,19,20,22). The molecule has 0 aliphatic heterocycles. The molecule has 112 valence electrons. The zero-order valence-electron chi connectivity index (χ0n) is 12.2. The van der Waals surface area contributed by atoms with Gasteiger partial charge in [-0.15, -0.1) is 0 Å². The van der Waals surface area contributed by atoms with Crippen LogP contribution in [0.5, 0.6) is 0 Å². The Morgan fingerprint density at radius 2 is 1.73 bits per heavy atom. The lowest BCUT2D eigenvalue weighted by Crippen LogP contribution is -2.35. The Kier molecular flexibility index (Phi) is 4.71. The first-order valence-electron chi connectivity index (χ1n) is 7.33. The summed E-state index contributed by atoms with van der Waals surface area (Å²) in [6.07, 6.45) is 2.71. The summed E-state index contributed by atoms with van der Waals surface area (Å²) in [4.78, 5) is 0. The van der Waals surface area contributed by atoms with Crippen LogP contribution in [0.3, 0.4) is 0 Å². The summed E-state index contributed by atoms with van der Waals surface area (Å²) in [5, 5.41) is 8.30. The maximum atomic E-state index is 5.54. The zero-order chi connectivity index (χ0) is 15.2. The fourth-order valence-electron chi connectivity index (χ4n) is 2.38. The molecule has 1 aromatic heterocycles. The first-order valence-corrected chi connectivity index (χ1v) is 7.74. The summed E-state index contributed by atoms with van der Waals surface area (Å²) < 4.78 is 5.54. The third kappa shape index (κ3) is 3.65. The van der Waals surface area contributed by atoms with Gasteiger partial charge in [-0.05, 0) is 35.8 Å². The number of para-hydroxylation sites is 1. The highest BCUT2D eigenvalue weighted by molar-refractivity contribution is 7.80. The van der Waals surface area contributed by atoms with Gasteiger partial charge in [-0.2, -0.15) is 0 Å². The van der Waals surface area contributed by atoms with E-state index in [1.807, 2.05) is 42.7 Å². The lowest BCUT2D eigenvalue weighted by Gasteiger charge is -2.10. The number of nitrogens with one attached hydrogen (secondary N) is 2. The molecule has 3 aromatic rings. The molecule has 3 nitrogen and oxygen atoms in total. The second-order valence-electron chi connectivity index (χ2n) is 5.10. The van der Waals surface area contributed by atoms with Crippen molar-refractivity contribution in [2.24, 2.45) is 0 Å². The molecule has 1 heterocycles. The molecule has 4 heteroatoms. The predicted octanol–water partition coefficient (Wildman–Crippen LogP) is 3.64. The predicted molar refractivity (Wildman–Crippen MR) is 93.8 cm³/mol. The van der Waals surface area contributed by atoms with Crippen LogP contribution < -0.4 is 10.6 Å². The quantitative estimate of drug-likeness (QED) is 0.706.